The van der Waals surface area contributed by atoms with Crippen LogP contribution in [-0.4, -0.2) is 119 Å². The van der Waals surface area contributed by atoms with Crippen molar-refractivity contribution in [3.05, 3.63) is 36.0 Å². The summed E-state index contributed by atoms with van der Waals surface area (Å²) in [5.74, 6) is -0.123. The minimum absolute atomic E-state index is 0.0265. The molecular formula is C44H69NO10. The molecule has 0 spiro atoms. The lowest BCUT2D eigenvalue weighted by Gasteiger charge is -2.44. The van der Waals surface area contributed by atoms with E-state index in [2.05, 4.69) is 57.1 Å². The van der Waals surface area contributed by atoms with Crippen molar-refractivity contribution >= 4 is 11.8 Å². The summed E-state index contributed by atoms with van der Waals surface area (Å²) in [6.45, 7) is 10.7. The summed E-state index contributed by atoms with van der Waals surface area (Å²) in [5, 5.41) is 0. The maximum atomic E-state index is 14.8. The van der Waals surface area contributed by atoms with Gasteiger partial charge in [0, 0.05) is 38.7 Å². The molecule has 55 heavy (non-hydrogen) atoms. The fourth-order valence-electron chi connectivity index (χ4n) is 10.6. The van der Waals surface area contributed by atoms with Crippen LogP contribution >= 0.6 is 0 Å². The molecule has 3 aliphatic carbocycles. The van der Waals surface area contributed by atoms with Crippen molar-refractivity contribution in [2.45, 2.75) is 160 Å². The third-order valence-corrected chi connectivity index (χ3v) is 13.4. The molecule has 6 aliphatic rings. The topological polar surface area (TPSA) is 111 Å². The molecule has 17 atom stereocenters. The van der Waals surface area contributed by atoms with Crippen LogP contribution in [0.3, 0.4) is 0 Å². The maximum absolute atomic E-state index is 14.8. The predicted molar refractivity (Wildman–Crippen MR) is 208 cm³/mol. The number of fused-ring (bicyclic) bond motifs is 5. The SMILES string of the molecule is CC/C=C/[C@H]1CCC[C@H](OC2CC[C@H](N(C)C)[C@@H](C)O2)[C@@H](C)C(=O)C2=CC3C(C=CC4C[C@@H](O[C@@H]5O[C@@H](C)[C@H](OC)[C@@H](OCC)[C@H]5OC)CC43)C2CC(=O)O1. The van der Waals surface area contributed by atoms with Crippen LogP contribution in [0.4, 0.5) is 0 Å². The van der Waals surface area contributed by atoms with E-state index in [0.29, 0.717) is 25.5 Å². The number of methoxy groups -OCH3 is 2. The van der Waals surface area contributed by atoms with Crippen molar-refractivity contribution in [2.24, 2.45) is 35.5 Å². The molecule has 6 rings (SSSR count). The lowest BCUT2D eigenvalue weighted by Crippen LogP contribution is -2.60. The zero-order valence-electron chi connectivity index (χ0n) is 34.8. The molecule has 0 aromatic carbocycles. The van der Waals surface area contributed by atoms with Gasteiger partial charge in [-0.2, -0.15) is 0 Å². The molecular weight excluding hydrogens is 702 g/mol. The Morgan fingerprint density at radius 2 is 1.65 bits per heavy atom. The second kappa shape index (κ2) is 19.2. The van der Waals surface area contributed by atoms with Gasteiger partial charge in [0.05, 0.1) is 30.8 Å². The van der Waals surface area contributed by atoms with E-state index in [4.69, 9.17) is 37.9 Å². The molecule has 11 heteroatoms. The van der Waals surface area contributed by atoms with Crippen LogP contribution in [-0.2, 0) is 47.5 Å². The molecule has 3 saturated heterocycles. The summed E-state index contributed by atoms with van der Waals surface area (Å²) in [7, 11) is 7.52. The van der Waals surface area contributed by atoms with Crippen molar-refractivity contribution in [2.75, 3.05) is 34.9 Å². The number of hydrogen-bond donors (Lipinski definition) is 0. The first-order valence-corrected chi connectivity index (χ1v) is 21.2. The quantitative estimate of drug-likeness (QED) is 0.171. The number of likely N-dealkylation sites (N-methyl/N-ethyl adjacent to an activating group) is 1. The minimum Gasteiger partial charge on any atom is -0.458 e. The highest BCUT2D eigenvalue weighted by Gasteiger charge is 2.53. The van der Waals surface area contributed by atoms with Gasteiger partial charge in [-0.05, 0) is 122 Å². The molecule has 3 heterocycles. The number of hydrogen-bond acceptors (Lipinski definition) is 11. The molecule has 0 radical (unpaired) electrons. The van der Waals surface area contributed by atoms with Crippen LogP contribution in [0.15, 0.2) is 36.0 Å². The van der Waals surface area contributed by atoms with E-state index in [1.165, 1.54) is 0 Å². The molecule has 0 aromatic rings. The van der Waals surface area contributed by atoms with Gasteiger partial charge in [0.2, 0.25) is 0 Å². The second-order valence-corrected chi connectivity index (χ2v) is 17.1. The summed E-state index contributed by atoms with van der Waals surface area (Å²) in [6.07, 6.45) is 14.6. The Morgan fingerprint density at radius 3 is 2.35 bits per heavy atom. The molecule has 6 unspecified atom stereocenters. The van der Waals surface area contributed by atoms with Crippen LogP contribution in [0, 0.1) is 35.5 Å². The standard InChI is InChI=1S/C44H69NO10/c1-10-12-14-29-15-13-16-37(55-39-20-19-36(45(6)7)26(4)51-39)25(3)40(47)35-23-33-31(34(35)24-38(46)53-29)18-17-28-21-30(22-32(28)33)54-44-43(49-9)42(50-11-2)41(48-8)27(5)52-44/h12,14,17-18,23,25-34,36-37,39,41-44H,10-11,13,15-16,19-22,24H2,1-9H3/b14-12+/t25-,26-,27+,28?,29+,30-,31?,32?,33?,34?,36+,37+,39?,41+,42-,43-,44+/m1/s1. The lowest BCUT2D eigenvalue weighted by molar-refractivity contribution is -0.317. The van der Waals surface area contributed by atoms with Crippen molar-refractivity contribution in [1.29, 1.82) is 0 Å². The Hall–Kier alpha value is -1.96. The first-order valence-electron chi connectivity index (χ1n) is 21.2. The summed E-state index contributed by atoms with van der Waals surface area (Å²) >= 11 is 0. The smallest absolute Gasteiger partial charge is 0.307 e. The molecule has 0 bridgehead atoms. The van der Waals surface area contributed by atoms with Gasteiger partial charge in [0.1, 0.15) is 24.4 Å². The predicted octanol–water partition coefficient (Wildman–Crippen LogP) is 6.43. The first-order chi connectivity index (χ1) is 26.5. The zero-order chi connectivity index (χ0) is 39.4. The van der Waals surface area contributed by atoms with Gasteiger partial charge in [0.15, 0.2) is 18.4 Å². The van der Waals surface area contributed by atoms with E-state index in [-0.39, 0.29) is 103 Å². The van der Waals surface area contributed by atoms with E-state index in [9.17, 15) is 9.59 Å². The lowest BCUT2D eigenvalue weighted by atomic mass is 9.70. The molecule has 310 valence electrons. The van der Waals surface area contributed by atoms with Crippen LogP contribution in [0.2, 0.25) is 0 Å². The number of nitrogens with zero attached hydrogens (tertiary/aromatic N) is 1. The Labute approximate surface area is 329 Å². The normalized spacial score (nSPS) is 44.0. The number of Topliss-reactive ketones (excluding diaryl/α,β-unsaturated/α-hetero) is 1. The van der Waals surface area contributed by atoms with Gasteiger partial charge < -0.3 is 42.8 Å². The van der Waals surface area contributed by atoms with Crippen LogP contribution in [0.5, 0.6) is 0 Å². The Kier molecular flexibility index (Phi) is 14.9. The van der Waals surface area contributed by atoms with Gasteiger partial charge in [0.25, 0.3) is 0 Å². The summed E-state index contributed by atoms with van der Waals surface area (Å²) in [5.41, 5.74) is 0.753. The third kappa shape index (κ3) is 9.51. The van der Waals surface area contributed by atoms with Gasteiger partial charge in [-0.3, -0.25) is 9.59 Å². The molecule has 0 N–H and O–H groups in total. The number of cyclic esters (lactones) is 1. The number of carbonyl (C=O) groups excluding carboxylic acids is 2. The molecule has 4 fully saturated rings. The van der Waals surface area contributed by atoms with Crippen LogP contribution in [0.25, 0.3) is 0 Å². The molecule has 0 aromatic heterocycles. The van der Waals surface area contributed by atoms with E-state index in [1.807, 2.05) is 26.8 Å². The highest BCUT2D eigenvalue weighted by atomic mass is 16.7. The fourth-order valence-corrected chi connectivity index (χ4v) is 10.6. The minimum atomic E-state index is -0.599. The van der Waals surface area contributed by atoms with Gasteiger partial charge >= 0.3 is 5.97 Å². The van der Waals surface area contributed by atoms with Gasteiger partial charge in [-0.15, -0.1) is 0 Å². The Bertz CT molecular complexity index is 1380. The fraction of sp³-hybridized carbons (Fsp3) is 0.818. The third-order valence-electron chi connectivity index (χ3n) is 13.4. The van der Waals surface area contributed by atoms with Crippen molar-refractivity contribution in [3.63, 3.8) is 0 Å². The molecule has 0 amide bonds. The van der Waals surface area contributed by atoms with E-state index < -0.39 is 12.4 Å². The molecule has 1 saturated carbocycles. The van der Waals surface area contributed by atoms with E-state index >= 15 is 0 Å². The number of carbonyl (C=O) groups is 2. The number of rotatable bonds is 11. The highest BCUT2D eigenvalue weighted by Crippen LogP contribution is 2.54. The Morgan fingerprint density at radius 1 is 0.873 bits per heavy atom. The second-order valence-electron chi connectivity index (χ2n) is 17.1. The average molecular weight is 772 g/mol. The van der Waals surface area contributed by atoms with Gasteiger partial charge in [-0.1, -0.05) is 38.2 Å². The molecule has 11 nitrogen and oxygen atoms in total. The summed E-state index contributed by atoms with van der Waals surface area (Å²) in [6, 6.07) is 0.330. The van der Waals surface area contributed by atoms with Crippen molar-refractivity contribution < 1.29 is 47.5 Å². The Balaban J connectivity index is 1.22. The average Bonchev–Trinajstić information content (AvgIpc) is 3.73. The van der Waals surface area contributed by atoms with Crippen molar-refractivity contribution in [1.82, 2.24) is 4.90 Å². The van der Waals surface area contributed by atoms with Crippen molar-refractivity contribution in [3.8, 4) is 0 Å². The van der Waals surface area contributed by atoms with Crippen LogP contribution < -0.4 is 0 Å². The molecule has 3 aliphatic heterocycles. The highest BCUT2D eigenvalue weighted by molar-refractivity contribution is 5.99. The zero-order valence-corrected chi connectivity index (χ0v) is 34.8. The summed E-state index contributed by atoms with van der Waals surface area (Å²) in [4.78, 5) is 30.7. The van der Waals surface area contributed by atoms with Crippen LogP contribution in [0.1, 0.15) is 92.4 Å². The summed E-state index contributed by atoms with van der Waals surface area (Å²) < 4.78 is 50.2. The van der Waals surface area contributed by atoms with E-state index in [1.54, 1.807) is 14.2 Å². The number of ketones is 1. The number of ether oxygens (including phenoxy) is 8. The van der Waals surface area contributed by atoms with Gasteiger partial charge in [-0.25, -0.2) is 0 Å². The number of esters is 1. The largest absolute Gasteiger partial charge is 0.458 e. The monoisotopic (exact) mass is 771 g/mol. The number of allylic oxidation sites excluding steroid dienone is 5. The first kappa shape index (κ1) is 42.6. The van der Waals surface area contributed by atoms with E-state index in [0.717, 1.165) is 44.1 Å². The maximum Gasteiger partial charge on any atom is 0.307 e.